The number of hydrogen-bond acceptors (Lipinski definition) is 6. The number of rotatable bonds is 0. The van der Waals surface area contributed by atoms with Crippen LogP contribution in [0.3, 0.4) is 0 Å². The maximum atomic E-state index is 9.53. The molecular weight excluding hydrogens is 792 g/mol. The third-order valence-electron chi connectivity index (χ3n) is 5.31. The van der Waals surface area contributed by atoms with Crippen molar-refractivity contribution in [2.75, 3.05) is 0 Å². The van der Waals surface area contributed by atoms with Crippen LogP contribution in [0.25, 0.3) is 32.7 Å². The molecule has 0 fully saturated rings. The monoisotopic (exact) mass is 804 g/mol. The predicted molar refractivity (Wildman–Crippen MR) is 160 cm³/mol. The molecule has 0 aliphatic heterocycles. The van der Waals surface area contributed by atoms with Crippen LogP contribution in [0.15, 0.2) is 73.2 Å². The molecule has 3 N–H and O–H groups in total. The Morgan fingerprint density at radius 2 is 0.675 bits per heavy atom. The Morgan fingerprint density at radius 1 is 0.425 bits per heavy atom. The molecule has 0 aliphatic carbocycles. The molecule has 0 spiro atoms. The third-order valence-corrected chi connectivity index (χ3v) is 7.11. The molecular formula is C27H15Cl6HoN3O3. The van der Waals surface area contributed by atoms with Crippen molar-refractivity contribution in [1.29, 1.82) is 0 Å². The van der Waals surface area contributed by atoms with E-state index >= 15 is 0 Å². The zero-order valence-electron chi connectivity index (χ0n) is 19.7. The summed E-state index contributed by atoms with van der Waals surface area (Å²) in [5, 5.41) is 32.8. The molecule has 209 valence electrons. The summed E-state index contributed by atoms with van der Waals surface area (Å²) in [6, 6.07) is 15.1. The van der Waals surface area contributed by atoms with E-state index in [1.54, 1.807) is 55.0 Å². The first-order valence-corrected chi connectivity index (χ1v) is 13.1. The minimum absolute atomic E-state index is 0. The maximum absolute atomic E-state index is 9.53. The molecule has 1 radical (unpaired) electrons. The fourth-order valence-electron chi connectivity index (χ4n) is 3.47. The normalized spacial score (nSPS) is 10.3. The Hall–Kier alpha value is -1.71. The summed E-state index contributed by atoms with van der Waals surface area (Å²) in [5.74, 6) is -0.0787. The molecule has 0 bridgehead atoms. The molecule has 0 saturated carbocycles. The van der Waals surface area contributed by atoms with E-state index < -0.39 is 0 Å². The van der Waals surface area contributed by atoms with E-state index in [1.807, 2.05) is 0 Å². The van der Waals surface area contributed by atoms with Gasteiger partial charge in [0.2, 0.25) is 0 Å². The van der Waals surface area contributed by atoms with Crippen molar-refractivity contribution in [2.45, 2.75) is 0 Å². The van der Waals surface area contributed by atoms with Crippen molar-refractivity contribution >= 4 is 102 Å². The number of pyridine rings is 3. The van der Waals surface area contributed by atoms with Gasteiger partial charge in [-0.2, -0.15) is 0 Å². The predicted octanol–water partition coefficient (Wildman–Crippen LogP) is 9.74. The number of aromatic hydroxyl groups is 3. The Kier molecular flexibility index (Phi) is 11.9. The summed E-state index contributed by atoms with van der Waals surface area (Å²) in [5.41, 5.74) is 1.29. The number of benzene rings is 3. The van der Waals surface area contributed by atoms with Crippen LogP contribution in [-0.4, -0.2) is 30.3 Å². The van der Waals surface area contributed by atoms with Crippen LogP contribution in [0.1, 0.15) is 0 Å². The van der Waals surface area contributed by atoms with Gasteiger partial charge in [-0.3, -0.25) is 15.0 Å². The van der Waals surface area contributed by atoms with Crippen molar-refractivity contribution in [2.24, 2.45) is 0 Å². The quantitative estimate of drug-likeness (QED) is 0.132. The van der Waals surface area contributed by atoms with Gasteiger partial charge in [0.15, 0.2) is 17.2 Å². The van der Waals surface area contributed by atoms with E-state index in [1.165, 1.54) is 18.2 Å². The van der Waals surface area contributed by atoms with Crippen LogP contribution in [-0.2, 0) is 0 Å². The van der Waals surface area contributed by atoms with Gasteiger partial charge in [-0.25, -0.2) is 0 Å². The molecule has 40 heavy (non-hydrogen) atoms. The Morgan fingerprint density at radius 3 is 0.925 bits per heavy atom. The largest absolute Gasteiger partial charge is 0.504 e. The number of fused-ring (bicyclic) bond motifs is 3. The standard InChI is InChI=1S/3C9H5Cl2NO.Ho/c3*10-6-4-7(11)9(13)8-5(6)2-1-3-12-8;/h3*1-4,13H;. The number of aromatic nitrogens is 3. The van der Waals surface area contributed by atoms with Gasteiger partial charge in [0.1, 0.15) is 16.6 Å². The first-order chi connectivity index (χ1) is 18.6. The Balaban J connectivity index is 0.000000163. The van der Waals surface area contributed by atoms with E-state index in [2.05, 4.69) is 15.0 Å². The second kappa shape index (κ2) is 14.5. The number of hydrogen-bond donors (Lipinski definition) is 3. The van der Waals surface area contributed by atoms with Crippen molar-refractivity contribution in [3.8, 4) is 17.2 Å². The fourth-order valence-corrected chi connectivity index (χ4v) is 5.02. The van der Waals surface area contributed by atoms with Gasteiger partial charge in [0, 0.05) is 72.5 Å². The Labute approximate surface area is 288 Å². The van der Waals surface area contributed by atoms with Crippen LogP contribution in [0, 0.1) is 37.7 Å². The van der Waals surface area contributed by atoms with Crippen LogP contribution in [0.2, 0.25) is 30.1 Å². The molecule has 6 nitrogen and oxygen atoms in total. The van der Waals surface area contributed by atoms with Crippen LogP contribution >= 0.6 is 69.6 Å². The molecule has 0 atom stereocenters. The minimum atomic E-state index is -0.0262. The van der Waals surface area contributed by atoms with Gasteiger partial charge in [-0.1, -0.05) is 69.6 Å². The van der Waals surface area contributed by atoms with Gasteiger partial charge in [0.05, 0.1) is 30.1 Å². The second-order valence-electron chi connectivity index (χ2n) is 7.77. The Bertz CT molecular complexity index is 1630. The van der Waals surface area contributed by atoms with Gasteiger partial charge in [0.25, 0.3) is 0 Å². The summed E-state index contributed by atoms with van der Waals surface area (Å²) >= 11 is 34.9. The molecule has 3 heterocycles. The van der Waals surface area contributed by atoms with Crippen molar-refractivity contribution in [1.82, 2.24) is 15.0 Å². The number of halogens is 6. The average molecular weight is 807 g/mol. The molecule has 6 aromatic rings. The molecule has 0 saturated heterocycles. The van der Waals surface area contributed by atoms with Crippen molar-refractivity contribution < 1.29 is 53.1 Å². The topological polar surface area (TPSA) is 99.4 Å². The van der Waals surface area contributed by atoms with Crippen molar-refractivity contribution in [3.05, 3.63) is 103 Å². The van der Waals surface area contributed by atoms with Gasteiger partial charge < -0.3 is 15.3 Å². The van der Waals surface area contributed by atoms with E-state index in [4.69, 9.17) is 69.6 Å². The van der Waals surface area contributed by atoms with Gasteiger partial charge in [-0.05, 0) is 54.6 Å². The molecule has 3 aromatic carbocycles. The second-order valence-corrected chi connectivity index (χ2v) is 10.2. The van der Waals surface area contributed by atoms with Crippen LogP contribution in [0.4, 0.5) is 0 Å². The molecule has 6 rings (SSSR count). The molecule has 0 amide bonds. The summed E-state index contributed by atoms with van der Waals surface area (Å²) in [7, 11) is 0. The minimum Gasteiger partial charge on any atom is -0.504 e. The smallest absolute Gasteiger partial charge is 0.160 e. The first kappa shape index (κ1) is 32.8. The fraction of sp³-hybridized carbons (Fsp3) is 0. The van der Waals surface area contributed by atoms with E-state index in [0.29, 0.717) is 47.8 Å². The molecule has 0 unspecified atom stereocenters. The number of phenols is 3. The molecule has 13 heteroatoms. The maximum Gasteiger partial charge on any atom is 0.160 e. The third kappa shape index (κ3) is 7.19. The van der Waals surface area contributed by atoms with Gasteiger partial charge in [-0.15, -0.1) is 0 Å². The summed E-state index contributed by atoms with van der Waals surface area (Å²) < 4.78 is 0. The van der Waals surface area contributed by atoms with E-state index in [9.17, 15) is 15.3 Å². The van der Waals surface area contributed by atoms with Crippen molar-refractivity contribution in [3.63, 3.8) is 0 Å². The van der Waals surface area contributed by atoms with Gasteiger partial charge >= 0.3 is 0 Å². The molecule has 0 aliphatic rings. The molecule has 3 aromatic heterocycles. The van der Waals surface area contributed by atoms with E-state index in [-0.39, 0.29) is 70.1 Å². The van der Waals surface area contributed by atoms with Crippen LogP contribution < -0.4 is 0 Å². The zero-order chi connectivity index (χ0) is 28.3. The average Bonchev–Trinajstić information content (AvgIpc) is 2.94. The van der Waals surface area contributed by atoms with E-state index in [0.717, 1.165) is 0 Å². The summed E-state index contributed by atoms with van der Waals surface area (Å²) in [6.45, 7) is 0. The number of phenolic OH excluding ortho intramolecular Hbond substituents is 3. The first-order valence-electron chi connectivity index (χ1n) is 10.8. The summed E-state index contributed by atoms with van der Waals surface area (Å²) in [6.07, 6.45) is 4.73. The summed E-state index contributed by atoms with van der Waals surface area (Å²) in [4.78, 5) is 12.0. The SMILES string of the molecule is Oc1c(Cl)cc(Cl)c2cccnc12.Oc1c(Cl)cc(Cl)c2cccnc12.Oc1c(Cl)cc(Cl)c2cccnc12.[Ho]. The number of nitrogens with zero attached hydrogens (tertiary/aromatic N) is 3. The van der Waals surface area contributed by atoms with Crippen LogP contribution in [0.5, 0.6) is 17.2 Å². The zero-order valence-corrected chi connectivity index (χ0v) is 26.2.